The zero-order valence-electron chi connectivity index (χ0n) is 19.1. The number of amides is 1. The van der Waals surface area contributed by atoms with Crippen LogP contribution in [-0.2, 0) is 12.0 Å². The van der Waals surface area contributed by atoms with Crippen LogP contribution in [0.15, 0.2) is 59.5 Å². The molecule has 2 N–H and O–H groups in total. The van der Waals surface area contributed by atoms with Crippen molar-refractivity contribution in [1.29, 1.82) is 0 Å². The smallest absolute Gasteiger partial charge is 0.258 e. The molecule has 0 atom stereocenters. The molecule has 2 aromatic carbocycles. The monoisotopic (exact) mass is 432 g/mol. The summed E-state index contributed by atoms with van der Waals surface area (Å²) in [7, 11) is 0. The SMILES string of the molecule is CC(C)(C)c1ccc(C(=O)Nc2cccc3c(=O)n(CC4(O)CCCCC4)ccc23)cc1. The van der Waals surface area contributed by atoms with E-state index in [0.29, 0.717) is 28.6 Å². The molecule has 5 nitrogen and oxygen atoms in total. The van der Waals surface area contributed by atoms with E-state index in [1.807, 2.05) is 36.4 Å². The van der Waals surface area contributed by atoms with Crippen LogP contribution in [0.5, 0.6) is 0 Å². The molecule has 0 unspecified atom stereocenters. The molecule has 1 fully saturated rings. The number of fused-ring (bicyclic) bond motifs is 1. The van der Waals surface area contributed by atoms with Gasteiger partial charge in [-0.15, -0.1) is 0 Å². The Morgan fingerprint density at radius 1 is 1.00 bits per heavy atom. The fourth-order valence-electron chi connectivity index (χ4n) is 4.55. The van der Waals surface area contributed by atoms with Crippen LogP contribution in [0.1, 0.15) is 68.8 Å². The first-order valence-electron chi connectivity index (χ1n) is 11.4. The lowest BCUT2D eigenvalue weighted by atomic mass is 9.85. The number of nitrogens with one attached hydrogen (secondary N) is 1. The van der Waals surface area contributed by atoms with Crippen LogP contribution in [0.2, 0.25) is 0 Å². The Balaban J connectivity index is 1.59. The van der Waals surface area contributed by atoms with Crippen molar-refractivity contribution in [1.82, 2.24) is 4.57 Å². The minimum absolute atomic E-state index is 0.0231. The van der Waals surface area contributed by atoms with Crippen molar-refractivity contribution in [2.45, 2.75) is 70.4 Å². The van der Waals surface area contributed by atoms with Crippen molar-refractivity contribution < 1.29 is 9.90 Å². The number of aromatic nitrogens is 1. The summed E-state index contributed by atoms with van der Waals surface area (Å²) >= 11 is 0. The quantitative estimate of drug-likeness (QED) is 0.592. The van der Waals surface area contributed by atoms with E-state index in [1.54, 1.807) is 22.9 Å². The molecule has 1 aliphatic rings. The molecule has 1 aromatic heterocycles. The van der Waals surface area contributed by atoms with Gasteiger partial charge in [0.2, 0.25) is 0 Å². The van der Waals surface area contributed by atoms with E-state index in [1.165, 1.54) is 5.56 Å². The van der Waals surface area contributed by atoms with E-state index < -0.39 is 5.60 Å². The molecule has 1 heterocycles. The summed E-state index contributed by atoms with van der Waals surface area (Å²) in [5.41, 5.74) is 1.40. The summed E-state index contributed by atoms with van der Waals surface area (Å²) < 4.78 is 1.60. The lowest BCUT2D eigenvalue weighted by Gasteiger charge is -2.32. The molecule has 32 heavy (non-hydrogen) atoms. The van der Waals surface area contributed by atoms with Gasteiger partial charge in [-0.1, -0.05) is 58.2 Å². The van der Waals surface area contributed by atoms with E-state index in [-0.39, 0.29) is 16.9 Å². The summed E-state index contributed by atoms with van der Waals surface area (Å²) in [6.07, 6.45) is 6.29. The third kappa shape index (κ3) is 4.63. The van der Waals surface area contributed by atoms with Crippen molar-refractivity contribution in [2.75, 3.05) is 5.32 Å². The number of anilines is 1. The first-order chi connectivity index (χ1) is 15.2. The highest BCUT2D eigenvalue weighted by Crippen LogP contribution is 2.30. The molecular formula is C27H32N2O3. The zero-order valence-corrected chi connectivity index (χ0v) is 19.1. The number of hydrogen-bond acceptors (Lipinski definition) is 3. The maximum atomic E-state index is 13.1. The lowest BCUT2D eigenvalue weighted by molar-refractivity contribution is -0.0121. The topological polar surface area (TPSA) is 71.3 Å². The third-order valence-corrected chi connectivity index (χ3v) is 6.53. The lowest BCUT2D eigenvalue weighted by Crippen LogP contribution is -2.39. The molecule has 0 radical (unpaired) electrons. The second-order valence-electron chi connectivity index (χ2n) is 10.1. The van der Waals surface area contributed by atoms with Gasteiger partial charge in [-0.3, -0.25) is 9.59 Å². The van der Waals surface area contributed by atoms with Gasteiger partial charge in [0.1, 0.15) is 0 Å². The van der Waals surface area contributed by atoms with Crippen molar-refractivity contribution in [2.24, 2.45) is 0 Å². The maximum absolute atomic E-state index is 13.1. The van der Waals surface area contributed by atoms with Crippen LogP contribution in [0.4, 0.5) is 5.69 Å². The summed E-state index contributed by atoms with van der Waals surface area (Å²) in [4.78, 5) is 26.0. The largest absolute Gasteiger partial charge is 0.388 e. The van der Waals surface area contributed by atoms with Crippen LogP contribution in [-0.4, -0.2) is 21.2 Å². The molecular weight excluding hydrogens is 400 g/mol. The molecule has 0 saturated heterocycles. The fourth-order valence-corrected chi connectivity index (χ4v) is 4.55. The second-order valence-corrected chi connectivity index (χ2v) is 10.1. The second kappa shape index (κ2) is 8.55. The molecule has 1 aliphatic carbocycles. The van der Waals surface area contributed by atoms with Gasteiger partial charge >= 0.3 is 0 Å². The maximum Gasteiger partial charge on any atom is 0.258 e. The van der Waals surface area contributed by atoms with Crippen LogP contribution in [0.25, 0.3) is 10.8 Å². The first kappa shape index (κ1) is 22.3. The van der Waals surface area contributed by atoms with Gasteiger partial charge in [-0.2, -0.15) is 0 Å². The van der Waals surface area contributed by atoms with Crippen molar-refractivity contribution in [3.05, 3.63) is 76.2 Å². The van der Waals surface area contributed by atoms with Gasteiger partial charge in [0.15, 0.2) is 0 Å². The number of rotatable bonds is 4. The fraction of sp³-hybridized carbons (Fsp3) is 0.407. The standard InChI is InChI=1S/C27H32N2O3/c1-26(2,3)20-12-10-19(11-13-20)24(30)28-23-9-7-8-22-21(23)14-17-29(25(22)31)18-27(32)15-5-4-6-16-27/h7-14,17,32H,4-6,15-16,18H2,1-3H3,(H,28,30). The minimum atomic E-state index is -0.819. The van der Waals surface area contributed by atoms with Crippen molar-refractivity contribution >= 4 is 22.4 Å². The highest BCUT2D eigenvalue weighted by atomic mass is 16.3. The molecule has 168 valence electrons. The Morgan fingerprint density at radius 3 is 2.34 bits per heavy atom. The van der Waals surface area contributed by atoms with Crippen molar-refractivity contribution in [3.63, 3.8) is 0 Å². The van der Waals surface area contributed by atoms with E-state index >= 15 is 0 Å². The van der Waals surface area contributed by atoms with Gasteiger partial charge in [-0.05, 0) is 54.2 Å². The number of benzene rings is 2. The Hall–Kier alpha value is -2.92. The average molecular weight is 433 g/mol. The number of nitrogens with zero attached hydrogens (tertiary/aromatic N) is 1. The normalized spacial score (nSPS) is 16.1. The van der Waals surface area contributed by atoms with Crippen LogP contribution < -0.4 is 10.9 Å². The van der Waals surface area contributed by atoms with Gasteiger partial charge in [0, 0.05) is 28.2 Å². The van der Waals surface area contributed by atoms with E-state index in [9.17, 15) is 14.7 Å². The molecule has 1 amide bonds. The highest BCUT2D eigenvalue weighted by molar-refractivity contribution is 6.09. The zero-order chi connectivity index (χ0) is 22.9. The van der Waals surface area contributed by atoms with Gasteiger partial charge in [0.05, 0.1) is 12.1 Å². The minimum Gasteiger partial charge on any atom is -0.388 e. The van der Waals surface area contributed by atoms with Gasteiger partial charge in [0.25, 0.3) is 11.5 Å². The molecule has 3 aromatic rings. The van der Waals surface area contributed by atoms with E-state index in [2.05, 4.69) is 26.1 Å². The molecule has 4 rings (SSSR count). The summed E-state index contributed by atoms with van der Waals surface area (Å²) in [5, 5.41) is 15.1. The Morgan fingerprint density at radius 2 is 1.69 bits per heavy atom. The number of carbonyl (C=O) groups is 1. The number of hydrogen-bond donors (Lipinski definition) is 2. The summed E-state index contributed by atoms with van der Waals surface area (Å²) in [6, 6.07) is 14.8. The number of aliphatic hydroxyl groups is 1. The van der Waals surface area contributed by atoms with Crippen LogP contribution in [0, 0.1) is 0 Å². The van der Waals surface area contributed by atoms with Crippen LogP contribution >= 0.6 is 0 Å². The molecule has 5 heteroatoms. The first-order valence-corrected chi connectivity index (χ1v) is 11.4. The predicted octanol–water partition coefficient (Wildman–Crippen LogP) is 5.25. The number of pyridine rings is 1. The van der Waals surface area contributed by atoms with Crippen LogP contribution in [0.3, 0.4) is 0 Å². The van der Waals surface area contributed by atoms with E-state index in [0.717, 1.165) is 32.1 Å². The molecule has 0 bridgehead atoms. The van der Waals surface area contributed by atoms with Gasteiger partial charge < -0.3 is 15.0 Å². The predicted molar refractivity (Wildman–Crippen MR) is 129 cm³/mol. The Labute approximate surface area is 189 Å². The Kier molecular flexibility index (Phi) is 5.95. The molecule has 0 aliphatic heterocycles. The Bertz CT molecular complexity index is 1180. The average Bonchev–Trinajstić information content (AvgIpc) is 2.76. The van der Waals surface area contributed by atoms with Gasteiger partial charge in [-0.25, -0.2) is 0 Å². The van der Waals surface area contributed by atoms with E-state index in [4.69, 9.17) is 0 Å². The third-order valence-electron chi connectivity index (χ3n) is 6.53. The highest BCUT2D eigenvalue weighted by Gasteiger charge is 2.30. The summed E-state index contributed by atoms with van der Waals surface area (Å²) in [6.45, 7) is 6.71. The molecule has 0 spiro atoms. The number of carbonyl (C=O) groups excluding carboxylic acids is 1. The van der Waals surface area contributed by atoms with Crippen molar-refractivity contribution in [3.8, 4) is 0 Å². The molecule has 1 saturated carbocycles. The summed E-state index contributed by atoms with van der Waals surface area (Å²) in [5.74, 6) is -0.210.